The van der Waals surface area contributed by atoms with E-state index in [4.69, 9.17) is 4.74 Å². The van der Waals surface area contributed by atoms with E-state index in [1.54, 1.807) is 11.3 Å². The molecule has 1 unspecified atom stereocenters. The van der Waals surface area contributed by atoms with Crippen LogP contribution in [0.2, 0.25) is 0 Å². The maximum atomic E-state index is 12.7. The van der Waals surface area contributed by atoms with Crippen molar-refractivity contribution in [3.05, 3.63) is 76.8 Å². The van der Waals surface area contributed by atoms with Crippen LogP contribution in [0.4, 0.5) is 0 Å². The van der Waals surface area contributed by atoms with Crippen molar-refractivity contribution >= 4 is 27.5 Å². The number of esters is 1. The minimum Gasteiger partial charge on any atom is -0.461 e. The molecule has 1 aromatic heterocycles. The Balaban J connectivity index is 1.87. The molecule has 0 aliphatic heterocycles. The SMILES string of the molecule is CC(C)=CCOC(=O)C(Cc1ccccc1)c1nc2ccccc2s1. The number of rotatable bonds is 6. The third-order valence-electron chi connectivity index (χ3n) is 3.89. The van der Waals surface area contributed by atoms with E-state index in [1.807, 2.05) is 74.5 Å². The van der Waals surface area contributed by atoms with Crippen LogP contribution in [0.3, 0.4) is 0 Å². The summed E-state index contributed by atoms with van der Waals surface area (Å²) in [5.41, 5.74) is 3.16. The van der Waals surface area contributed by atoms with Crippen molar-refractivity contribution in [3.8, 4) is 0 Å². The van der Waals surface area contributed by atoms with E-state index in [0.717, 1.165) is 26.4 Å². The maximum Gasteiger partial charge on any atom is 0.316 e. The molecule has 0 spiro atoms. The van der Waals surface area contributed by atoms with Gasteiger partial charge in [-0.2, -0.15) is 0 Å². The van der Waals surface area contributed by atoms with Crippen LogP contribution in [0.15, 0.2) is 66.2 Å². The Hall–Kier alpha value is -2.46. The highest BCUT2D eigenvalue weighted by Crippen LogP contribution is 2.30. The number of thiazole rings is 1. The molecule has 0 bridgehead atoms. The Morgan fingerprint density at radius 3 is 2.56 bits per heavy atom. The highest BCUT2D eigenvalue weighted by atomic mass is 32.1. The van der Waals surface area contributed by atoms with Gasteiger partial charge in [0.05, 0.1) is 10.2 Å². The van der Waals surface area contributed by atoms with Crippen LogP contribution in [0, 0.1) is 0 Å². The van der Waals surface area contributed by atoms with Crippen LogP contribution in [-0.2, 0) is 16.0 Å². The molecule has 1 heterocycles. The highest BCUT2D eigenvalue weighted by Gasteiger charge is 2.26. The molecule has 4 heteroatoms. The molecule has 0 N–H and O–H groups in total. The largest absolute Gasteiger partial charge is 0.461 e. The molecule has 0 amide bonds. The van der Waals surface area contributed by atoms with Gasteiger partial charge in [-0.05, 0) is 44.0 Å². The monoisotopic (exact) mass is 351 g/mol. The Kier molecular flexibility index (Phi) is 5.61. The molecule has 25 heavy (non-hydrogen) atoms. The van der Waals surface area contributed by atoms with Gasteiger partial charge < -0.3 is 4.74 Å². The zero-order chi connectivity index (χ0) is 17.6. The number of carbonyl (C=O) groups is 1. The lowest BCUT2D eigenvalue weighted by Crippen LogP contribution is -2.18. The second-order valence-corrected chi connectivity index (χ2v) is 7.24. The molecule has 3 rings (SSSR count). The van der Waals surface area contributed by atoms with Crippen LogP contribution in [0.5, 0.6) is 0 Å². The summed E-state index contributed by atoms with van der Waals surface area (Å²) < 4.78 is 6.58. The summed E-state index contributed by atoms with van der Waals surface area (Å²) in [6.45, 7) is 4.28. The van der Waals surface area contributed by atoms with E-state index in [9.17, 15) is 4.79 Å². The second kappa shape index (κ2) is 8.08. The molecule has 0 saturated carbocycles. The van der Waals surface area contributed by atoms with E-state index in [-0.39, 0.29) is 11.9 Å². The van der Waals surface area contributed by atoms with Crippen molar-refractivity contribution < 1.29 is 9.53 Å². The summed E-state index contributed by atoms with van der Waals surface area (Å²) in [7, 11) is 0. The van der Waals surface area contributed by atoms with E-state index in [1.165, 1.54) is 0 Å². The zero-order valence-electron chi connectivity index (χ0n) is 14.4. The van der Waals surface area contributed by atoms with Crippen molar-refractivity contribution in [1.29, 1.82) is 0 Å². The van der Waals surface area contributed by atoms with E-state index < -0.39 is 0 Å². The molecule has 3 nitrogen and oxygen atoms in total. The molecule has 1 atom stereocenters. The van der Waals surface area contributed by atoms with Crippen molar-refractivity contribution in [3.63, 3.8) is 0 Å². The van der Waals surface area contributed by atoms with Crippen LogP contribution >= 0.6 is 11.3 Å². The molecular formula is C21H21NO2S. The first kappa shape index (κ1) is 17.4. The first-order chi connectivity index (χ1) is 12.1. The van der Waals surface area contributed by atoms with Crippen molar-refractivity contribution in [2.75, 3.05) is 6.61 Å². The lowest BCUT2D eigenvalue weighted by atomic mass is 10.00. The number of fused-ring (bicyclic) bond motifs is 1. The molecule has 2 aromatic carbocycles. The van der Waals surface area contributed by atoms with Gasteiger partial charge in [-0.15, -0.1) is 11.3 Å². The molecular weight excluding hydrogens is 330 g/mol. The number of nitrogens with zero attached hydrogens (tertiary/aromatic N) is 1. The number of benzene rings is 2. The Bertz CT molecular complexity index is 846. The molecule has 0 saturated heterocycles. The van der Waals surface area contributed by atoms with Crippen LogP contribution in [-0.4, -0.2) is 17.6 Å². The smallest absolute Gasteiger partial charge is 0.316 e. The fraction of sp³-hybridized carbons (Fsp3) is 0.238. The van der Waals surface area contributed by atoms with Gasteiger partial charge in [0.2, 0.25) is 0 Å². The first-order valence-corrected chi connectivity index (χ1v) is 9.14. The first-order valence-electron chi connectivity index (χ1n) is 8.33. The van der Waals surface area contributed by atoms with Gasteiger partial charge in [-0.25, -0.2) is 4.98 Å². The fourth-order valence-corrected chi connectivity index (χ4v) is 3.61. The highest BCUT2D eigenvalue weighted by molar-refractivity contribution is 7.18. The fourth-order valence-electron chi connectivity index (χ4n) is 2.55. The third kappa shape index (κ3) is 4.54. The third-order valence-corrected chi connectivity index (χ3v) is 5.04. The number of aromatic nitrogens is 1. The Morgan fingerprint density at radius 2 is 1.84 bits per heavy atom. The number of carbonyl (C=O) groups excluding carboxylic acids is 1. The summed E-state index contributed by atoms with van der Waals surface area (Å²) >= 11 is 1.57. The van der Waals surface area contributed by atoms with Gasteiger partial charge in [-0.1, -0.05) is 48.0 Å². The number of hydrogen-bond donors (Lipinski definition) is 0. The summed E-state index contributed by atoms with van der Waals surface area (Å²) in [6.07, 6.45) is 2.50. The van der Waals surface area contributed by atoms with Crippen molar-refractivity contribution in [1.82, 2.24) is 4.98 Å². The van der Waals surface area contributed by atoms with Crippen LogP contribution in [0.1, 0.15) is 30.3 Å². The van der Waals surface area contributed by atoms with Gasteiger partial charge in [0.1, 0.15) is 17.5 Å². The quantitative estimate of drug-likeness (QED) is 0.456. The second-order valence-electron chi connectivity index (χ2n) is 6.17. The van der Waals surface area contributed by atoms with Crippen LogP contribution < -0.4 is 0 Å². The minimum absolute atomic E-state index is 0.222. The van der Waals surface area contributed by atoms with E-state index in [2.05, 4.69) is 4.98 Å². The van der Waals surface area contributed by atoms with E-state index in [0.29, 0.717) is 13.0 Å². The minimum atomic E-state index is -0.384. The molecule has 0 aliphatic carbocycles. The van der Waals surface area contributed by atoms with Gasteiger partial charge in [0.25, 0.3) is 0 Å². The number of allylic oxidation sites excluding steroid dienone is 1. The predicted molar refractivity (Wildman–Crippen MR) is 103 cm³/mol. The summed E-state index contributed by atoms with van der Waals surface area (Å²) in [4.78, 5) is 17.4. The number of para-hydroxylation sites is 1. The molecule has 0 radical (unpaired) electrons. The molecule has 128 valence electrons. The zero-order valence-corrected chi connectivity index (χ0v) is 15.3. The van der Waals surface area contributed by atoms with Crippen molar-refractivity contribution in [2.24, 2.45) is 0 Å². The summed E-state index contributed by atoms with van der Waals surface area (Å²) in [6, 6.07) is 18.0. The van der Waals surface area contributed by atoms with Crippen LogP contribution in [0.25, 0.3) is 10.2 Å². The number of ether oxygens (including phenoxy) is 1. The molecule has 0 fully saturated rings. The Morgan fingerprint density at radius 1 is 1.12 bits per heavy atom. The average molecular weight is 351 g/mol. The normalized spacial score (nSPS) is 11.9. The molecule has 3 aromatic rings. The standard InChI is InChI=1S/C21H21NO2S/c1-15(2)12-13-24-21(23)17(14-16-8-4-3-5-9-16)20-22-18-10-6-7-11-19(18)25-20/h3-12,17H,13-14H2,1-2H3. The van der Waals surface area contributed by atoms with Gasteiger partial charge in [0, 0.05) is 0 Å². The predicted octanol–water partition coefficient (Wildman–Crippen LogP) is 5.13. The average Bonchev–Trinajstić information content (AvgIpc) is 3.04. The molecule has 0 aliphatic rings. The van der Waals surface area contributed by atoms with Crippen molar-refractivity contribution in [2.45, 2.75) is 26.2 Å². The lowest BCUT2D eigenvalue weighted by Gasteiger charge is -2.13. The van der Waals surface area contributed by atoms with Gasteiger partial charge >= 0.3 is 5.97 Å². The van der Waals surface area contributed by atoms with Gasteiger partial charge in [0.15, 0.2) is 0 Å². The number of hydrogen-bond acceptors (Lipinski definition) is 4. The Labute approximate surface area is 152 Å². The lowest BCUT2D eigenvalue weighted by molar-refractivity contribution is -0.144. The maximum absolute atomic E-state index is 12.7. The summed E-state index contributed by atoms with van der Waals surface area (Å²) in [5, 5.41) is 0.812. The topological polar surface area (TPSA) is 39.2 Å². The van der Waals surface area contributed by atoms with Gasteiger partial charge in [-0.3, -0.25) is 4.79 Å². The summed E-state index contributed by atoms with van der Waals surface area (Å²) in [5.74, 6) is -0.606. The van der Waals surface area contributed by atoms with E-state index >= 15 is 0 Å².